The molecule has 0 bridgehead atoms. The molecule has 0 aromatic rings. The van der Waals surface area contributed by atoms with Crippen molar-refractivity contribution in [1.29, 1.82) is 0 Å². The maximum atomic E-state index is 0. The van der Waals surface area contributed by atoms with Gasteiger partial charge in [-0.3, -0.25) is 0 Å². The Morgan fingerprint density at radius 1 is 0.600 bits per heavy atom. The van der Waals surface area contributed by atoms with E-state index < -0.39 is 0 Å². The molecule has 0 aromatic carbocycles. The zero-order valence-electron chi connectivity index (χ0n) is 2.19. The minimum atomic E-state index is 0. The van der Waals surface area contributed by atoms with Crippen molar-refractivity contribution in [2.24, 2.45) is 0 Å². The molecule has 0 heterocycles. The van der Waals surface area contributed by atoms with E-state index in [1.807, 2.05) is 0 Å². The Morgan fingerprint density at radius 2 is 0.600 bits per heavy atom. The van der Waals surface area contributed by atoms with Crippen LogP contribution in [-0.4, -0.2) is 0 Å². The van der Waals surface area contributed by atoms with E-state index in [2.05, 4.69) is 0 Å². The van der Waals surface area contributed by atoms with Crippen LogP contribution in [0.4, 0.5) is 0 Å². The fourth-order valence-corrected chi connectivity index (χ4v) is 0. The predicted molar refractivity (Wildman–Crippen MR) is 0 cm³/mol. The Hall–Kier alpha value is 2.89. The molecule has 0 fully saturated rings. The minimum absolute atomic E-state index is 0. The van der Waals surface area contributed by atoms with Crippen molar-refractivity contribution >= 4 is 0 Å². The number of rotatable bonds is 0. The van der Waals surface area contributed by atoms with Gasteiger partial charge in [-0.15, -0.1) is 0 Å². The van der Waals surface area contributed by atoms with Gasteiger partial charge < -0.3 is 50.9 Å². The van der Waals surface area contributed by atoms with Gasteiger partial charge in [0.2, 0.25) is 0 Å². The molecule has 0 aliphatic rings. The van der Waals surface area contributed by atoms with Crippen molar-refractivity contribution in [2.75, 3.05) is 0 Å². The first-order chi connectivity index (χ1) is 0. The number of hydrogen-bond donors (Lipinski definition) is 0. The van der Waals surface area contributed by atoms with Crippen LogP contribution in [0.25, 0.3) is 0 Å². The van der Waals surface area contributed by atoms with Crippen LogP contribution >= 0.6 is 0 Å². The third-order valence-corrected chi connectivity index (χ3v) is 0. The van der Waals surface area contributed by atoms with Crippen LogP contribution in [0, 0.1) is 0 Å². The van der Waals surface area contributed by atoms with Crippen molar-refractivity contribution in [3.8, 4) is 0 Å². The quantitative estimate of drug-likeness (QED) is 0.293. The normalized spacial score (nSPS) is 0. The third-order valence-electron chi connectivity index (χ3n) is 0. The summed E-state index contributed by atoms with van der Waals surface area (Å²) in [4.78, 5) is 0. The first-order valence-corrected chi connectivity index (χ1v) is 0. The van der Waals surface area contributed by atoms with E-state index in [0.717, 1.165) is 0 Å². The summed E-state index contributed by atoms with van der Waals surface area (Å²) >= 11 is 0. The largest absolute Gasteiger partial charge is 2.00 e. The molecule has 0 rings (SSSR count). The van der Waals surface area contributed by atoms with Gasteiger partial charge in [-0.2, -0.15) is 0 Å². The van der Waals surface area contributed by atoms with Gasteiger partial charge in [0, 0.05) is 0 Å². The van der Waals surface area contributed by atoms with Crippen LogP contribution in [0.1, 0.15) is 0 Å². The second-order valence-corrected chi connectivity index (χ2v) is 0. The second kappa shape index (κ2) is 28.6. The molecule has 0 spiro atoms. The molecular weight excluding hydrogens is 496 g/mol. The van der Waals surface area contributed by atoms with E-state index in [4.69, 9.17) is 0 Å². The average molecular weight is 496 g/mol. The molecule has 0 atom stereocenters. The summed E-state index contributed by atoms with van der Waals surface area (Å²) in [5.41, 5.74) is 0. The maximum Gasteiger partial charge on any atom is 2.00 e. The van der Waals surface area contributed by atoms with Crippen LogP contribution in [-0.2, 0) is 44.7 Å². The van der Waals surface area contributed by atoms with Gasteiger partial charge in [-0.1, -0.05) is 0 Å². The van der Waals surface area contributed by atoms with Crippen LogP contribution in [0.2, 0.25) is 0 Å². The predicted octanol–water partition coefficient (Wildman–Crippen LogP) is -8.99. The molecule has 0 saturated carbocycles. The summed E-state index contributed by atoms with van der Waals surface area (Å²) < 4.78 is 0. The number of hydrogen-bond acceptors (Lipinski definition) is 0. The summed E-state index contributed by atoms with van der Waals surface area (Å²) in [5.74, 6) is 0. The van der Waals surface area contributed by atoms with Crippen LogP contribution < -0.4 is 50.9 Å². The molecule has 5 heavy (non-hydrogen) atoms. The van der Waals surface area contributed by atoms with Crippen LogP contribution in [0.3, 0.4) is 0 Å². The van der Waals surface area contributed by atoms with Crippen LogP contribution in [0.5, 0.6) is 0 Å². The fraction of sp³-hybridized carbons (Fsp3) is 0. The van der Waals surface area contributed by atoms with Gasteiger partial charge >= 0.3 is 44.7 Å². The molecule has 0 aliphatic carbocycles. The molecule has 0 aliphatic heterocycles. The smallest absolute Gasteiger partial charge is 1.00 e. The van der Waals surface area contributed by atoms with Gasteiger partial charge in [0.1, 0.15) is 0 Å². The minimum Gasteiger partial charge on any atom is -1.00 e. The SMILES string of the molecule is [Br-].[Br-].[Br-].[Fe+2].[Hg+]. The molecule has 1 radical (unpaired) electrons. The molecule has 0 N–H and O–H groups in total. The van der Waals surface area contributed by atoms with E-state index in [1.165, 1.54) is 0 Å². The Morgan fingerprint density at radius 3 is 0.600 bits per heavy atom. The van der Waals surface area contributed by atoms with Crippen molar-refractivity contribution in [3.05, 3.63) is 0 Å². The second-order valence-electron chi connectivity index (χ2n) is 0. The standard InChI is InChI=1S/3BrH.Fe.Hg/h3*1H;;/q;;;+2;+1/p-3. The zero-order chi connectivity index (χ0) is 0. The molecule has 0 amide bonds. The molecule has 5 heteroatoms. The summed E-state index contributed by atoms with van der Waals surface area (Å²) in [6, 6.07) is 0. The van der Waals surface area contributed by atoms with Gasteiger partial charge in [-0.05, 0) is 0 Å². The van der Waals surface area contributed by atoms with Crippen molar-refractivity contribution in [3.63, 3.8) is 0 Å². The van der Waals surface area contributed by atoms with Gasteiger partial charge in [0.15, 0.2) is 0 Å². The maximum absolute atomic E-state index is 0. The van der Waals surface area contributed by atoms with Crippen LogP contribution in [0.15, 0.2) is 0 Å². The summed E-state index contributed by atoms with van der Waals surface area (Å²) in [5, 5.41) is 0. The topological polar surface area (TPSA) is 0 Å². The first-order valence-electron chi connectivity index (χ1n) is 0. The van der Waals surface area contributed by atoms with Crippen molar-refractivity contribution in [1.82, 2.24) is 0 Å². The monoisotopic (exact) mass is 495 g/mol. The van der Waals surface area contributed by atoms with E-state index in [0.29, 0.717) is 0 Å². The average Bonchev–Trinajstić information content (AvgIpc) is 0. The third kappa shape index (κ3) is 19.7. The fourth-order valence-electron chi connectivity index (χ4n) is 0. The molecular formula is Br3FeHg. The molecule has 31 valence electrons. The molecule has 0 saturated heterocycles. The number of halogens is 3. The van der Waals surface area contributed by atoms with E-state index in [1.54, 1.807) is 0 Å². The van der Waals surface area contributed by atoms with E-state index >= 15 is 0 Å². The summed E-state index contributed by atoms with van der Waals surface area (Å²) in [7, 11) is 0. The summed E-state index contributed by atoms with van der Waals surface area (Å²) in [6.45, 7) is 0. The Balaban J connectivity index is 0. The Kier molecular flexibility index (Phi) is 256. The van der Waals surface area contributed by atoms with Crippen molar-refractivity contribution in [2.45, 2.75) is 0 Å². The van der Waals surface area contributed by atoms with Crippen molar-refractivity contribution < 1.29 is 95.7 Å². The van der Waals surface area contributed by atoms with E-state index in [9.17, 15) is 0 Å². The Labute approximate surface area is 94.1 Å². The Bertz CT molecular complexity index is 6.85. The van der Waals surface area contributed by atoms with Gasteiger partial charge in [0.25, 0.3) is 0 Å². The van der Waals surface area contributed by atoms with Gasteiger partial charge in [-0.25, -0.2) is 0 Å². The zero-order valence-corrected chi connectivity index (χ0v) is 13.6. The molecule has 0 unspecified atom stereocenters. The first kappa shape index (κ1) is 44.8. The molecule has 0 nitrogen and oxygen atoms in total. The van der Waals surface area contributed by atoms with Gasteiger partial charge in [0.05, 0.1) is 0 Å². The summed E-state index contributed by atoms with van der Waals surface area (Å²) in [6.07, 6.45) is 0. The molecule has 0 aromatic heterocycles. The van der Waals surface area contributed by atoms with E-state index in [-0.39, 0.29) is 95.7 Å².